The number of aliphatic hydroxyl groups excluding tert-OH is 4. The van der Waals surface area contributed by atoms with Crippen molar-refractivity contribution in [1.29, 1.82) is 0 Å². The van der Waals surface area contributed by atoms with Crippen molar-refractivity contribution in [3.8, 4) is 5.75 Å². The van der Waals surface area contributed by atoms with Crippen LogP contribution in [0.25, 0.3) is 0 Å². The highest BCUT2D eigenvalue weighted by atomic mass is 35.5. The Kier molecular flexibility index (Phi) is 6.93. The molecule has 0 aromatic heterocycles. The molecule has 6 nitrogen and oxygen atoms in total. The lowest BCUT2D eigenvalue weighted by Crippen LogP contribution is -2.55. The average Bonchev–Trinajstić information content (AvgIpc) is 2.70. The molecule has 0 amide bonds. The van der Waals surface area contributed by atoms with Gasteiger partial charge in [0.25, 0.3) is 0 Å². The normalized spacial score (nSPS) is 27.6. The van der Waals surface area contributed by atoms with Crippen molar-refractivity contribution in [1.82, 2.24) is 0 Å². The van der Waals surface area contributed by atoms with E-state index in [1.54, 1.807) is 12.1 Å². The van der Waals surface area contributed by atoms with E-state index in [-0.39, 0.29) is 0 Å². The van der Waals surface area contributed by atoms with E-state index in [9.17, 15) is 20.4 Å². The molecule has 0 unspecified atom stereocenters. The predicted octanol–water partition coefficient (Wildman–Crippen LogP) is 1.84. The van der Waals surface area contributed by atoms with Crippen molar-refractivity contribution in [3.63, 3.8) is 0 Å². The van der Waals surface area contributed by atoms with Crippen LogP contribution in [-0.2, 0) is 11.2 Å². The minimum atomic E-state index is -1.42. The third-order valence-corrected chi connectivity index (χ3v) is 5.29. The molecule has 2 aromatic rings. The lowest BCUT2D eigenvalue weighted by atomic mass is 9.90. The molecule has 1 aliphatic rings. The van der Waals surface area contributed by atoms with Gasteiger partial charge in [-0.2, -0.15) is 0 Å². The largest absolute Gasteiger partial charge is 0.494 e. The summed E-state index contributed by atoms with van der Waals surface area (Å²) in [7, 11) is 0. The highest BCUT2D eigenvalue weighted by molar-refractivity contribution is 6.31. The quantitative estimate of drug-likeness (QED) is 0.582. The molecule has 1 aliphatic heterocycles. The van der Waals surface area contributed by atoms with Crippen LogP contribution < -0.4 is 4.74 Å². The Hall–Kier alpha value is -1.67. The maximum Gasteiger partial charge on any atom is 0.119 e. The third-order valence-electron chi connectivity index (χ3n) is 4.92. The maximum absolute atomic E-state index is 10.3. The fourth-order valence-electron chi connectivity index (χ4n) is 3.37. The van der Waals surface area contributed by atoms with Gasteiger partial charge in [0.1, 0.15) is 36.3 Å². The van der Waals surface area contributed by atoms with Gasteiger partial charge < -0.3 is 29.9 Å². The van der Waals surface area contributed by atoms with Gasteiger partial charge in [0.05, 0.1) is 13.2 Å². The monoisotopic (exact) mass is 408 g/mol. The zero-order valence-electron chi connectivity index (χ0n) is 15.5. The summed E-state index contributed by atoms with van der Waals surface area (Å²) in [5.74, 6) is 0.799. The van der Waals surface area contributed by atoms with Gasteiger partial charge in [-0.05, 0) is 48.2 Å². The Bertz CT molecular complexity index is 779. The first kappa shape index (κ1) is 21.0. The van der Waals surface area contributed by atoms with Crippen molar-refractivity contribution in [2.45, 2.75) is 43.9 Å². The second kappa shape index (κ2) is 9.22. The van der Waals surface area contributed by atoms with Crippen molar-refractivity contribution in [2.75, 3.05) is 13.2 Å². The summed E-state index contributed by atoms with van der Waals surface area (Å²) in [5.41, 5.74) is 2.49. The molecule has 4 N–H and O–H groups in total. The van der Waals surface area contributed by atoms with Crippen LogP contribution in [0.3, 0.4) is 0 Å². The van der Waals surface area contributed by atoms with E-state index in [0.29, 0.717) is 23.6 Å². The van der Waals surface area contributed by atoms with Crippen molar-refractivity contribution in [2.24, 2.45) is 0 Å². The van der Waals surface area contributed by atoms with Crippen LogP contribution >= 0.6 is 11.6 Å². The SMILES string of the molecule is CCOc1ccc(Cc2cc([C@@H]3O[C@H](CO)[C@H](O)[C@@H](O)[C@H]3O)ccc2Cl)cc1. The smallest absolute Gasteiger partial charge is 0.119 e. The second-order valence-corrected chi connectivity index (χ2v) is 7.26. The summed E-state index contributed by atoms with van der Waals surface area (Å²) >= 11 is 6.35. The number of rotatable bonds is 6. The first-order valence-corrected chi connectivity index (χ1v) is 9.63. The Labute approximate surface area is 168 Å². The highest BCUT2D eigenvalue weighted by Gasteiger charge is 2.43. The fourth-order valence-corrected chi connectivity index (χ4v) is 3.56. The lowest BCUT2D eigenvalue weighted by Gasteiger charge is -2.40. The maximum atomic E-state index is 10.3. The van der Waals surface area contributed by atoms with Gasteiger partial charge in [0, 0.05) is 5.02 Å². The molecule has 1 heterocycles. The third kappa shape index (κ3) is 4.49. The summed E-state index contributed by atoms with van der Waals surface area (Å²) in [4.78, 5) is 0. The fraction of sp³-hybridized carbons (Fsp3) is 0.429. The first-order valence-electron chi connectivity index (χ1n) is 9.25. The molecule has 0 bridgehead atoms. The molecular formula is C21H25ClO6. The summed E-state index contributed by atoms with van der Waals surface area (Å²) in [6.45, 7) is 2.07. The Morgan fingerprint density at radius 3 is 2.36 bits per heavy atom. The van der Waals surface area contributed by atoms with E-state index in [0.717, 1.165) is 16.9 Å². The topological polar surface area (TPSA) is 99.4 Å². The molecule has 1 saturated heterocycles. The van der Waals surface area contributed by atoms with Gasteiger partial charge in [-0.15, -0.1) is 0 Å². The van der Waals surface area contributed by atoms with Crippen molar-refractivity contribution < 1.29 is 29.9 Å². The summed E-state index contributed by atoms with van der Waals surface area (Å²) in [6.07, 6.45) is -5.39. The lowest BCUT2D eigenvalue weighted by molar-refractivity contribution is -0.231. The van der Waals surface area contributed by atoms with Gasteiger partial charge in [0.15, 0.2) is 0 Å². The standard InChI is InChI=1S/C21H25ClO6/c1-2-27-15-6-3-12(4-7-15)9-14-10-13(5-8-16(14)22)21-20(26)19(25)18(24)17(11-23)28-21/h3-8,10,17-21,23-26H,2,9,11H2,1H3/t17-,18+,19-,20-,21+/m1/s1. The van der Waals surface area contributed by atoms with E-state index in [4.69, 9.17) is 21.1 Å². The Morgan fingerprint density at radius 1 is 1.00 bits per heavy atom. The van der Waals surface area contributed by atoms with E-state index in [2.05, 4.69) is 0 Å². The van der Waals surface area contributed by atoms with Gasteiger partial charge in [-0.1, -0.05) is 35.9 Å². The van der Waals surface area contributed by atoms with E-state index >= 15 is 0 Å². The van der Waals surface area contributed by atoms with E-state index < -0.39 is 37.1 Å². The molecule has 2 aromatic carbocycles. The molecule has 0 radical (unpaired) electrons. The molecule has 0 saturated carbocycles. The number of hydrogen-bond donors (Lipinski definition) is 4. The van der Waals surface area contributed by atoms with Crippen LogP contribution in [0.5, 0.6) is 5.75 Å². The van der Waals surface area contributed by atoms with Crippen LogP contribution in [0.2, 0.25) is 5.02 Å². The van der Waals surface area contributed by atoms with Crippen LogP contribution in [0.4, 0.5) is 0 Å². The minimum absolute atomic E-state index is 0.464. The molecule has 152 valence electrons. The zero-order chi connectivity index (χ0) is 20.3. The summed E-state index contributed by atoms with van der Waals surface area (Å²) in [5, 5.41) is 40.3. The van der Waals surface area contributed by atoms with Gasteiger partial charge >= 0.3 is 0 Å². The van der Waals surface area contributed by atoms with Crippen LogP contribution in [0.15, 0.2) is 42.5 Å². The van der Waals surface area contributed by atoms with Gasteiger partial charge in [-0.3, -0.25) is 0 Å². The van der Waals surface area contributed by atoms with E-state index in [1.165, 1.54) is 0 Å². The molecule has 1 fully saturated rings. The van der Waals surface area contributed by atoms with E-state index in [1.807, 2.05) is 37.3 Å². The number of benzene rings is 2. The van der Waals surface area contributed by atoms with Crippen LogP contribution in [0, 0.1) is 0 Å². The van der Waals surface area contributed by atoms with Crippen LogP contribution in [0.1, 0.15) is 29.7 Å². The van der Waals surface area contributed by atoms with Crippen molar-refractivity contribution in [3.05, 3.63) is 64.2 Å². The number of aliphatic hydroxyl groups is 4. The van der Waals surface area contributed by atoms with Gasteiger partial charge in [0.2, 0.25) is 0 Å². The van der Waals surface area contributed by atoms with Crippen molar-refractivity contribution >= 4 is 11.6 Å². The molecule has 3 rings (SSSR count). The Morgan fingerprint density at radius 2 is 1.71 bits per heavy atom. The first-order chi connectivity index (χ1) is 13.4. The zero-order valence-corrected chi connectivity index (χ0v) is 16.3. The molecule has 28 heavy (non-hydrogen) atoms. The molecule has 7 heteroatoms. The van der Waals surface area contributed by atoms with Crippen LogP contribution in [-0.4, -0.2) is 58.1 Å². The molecule has 0 aliphatic carbocycles. The number of halogens is 1. The number of ether oxygens (including phenoxy) is 2. The molecule has 5 atom stereocenters. The van der Waals surface area contributed by atoms with Gasteiger partial charge in [-0.25, -0.2) is 0 Å². The summed E-state index contributed by atoms with van der Waals surface area (Å²) < 4.78 is 11.1. The molecular weight excluding hydrogens is 384 g/mol. The molecule has 0 spiro atoms. The predicted molar refractivity (Wildman–Crippen MR) is 105 cm³/mol. The number of hydrogen-bond acceptors (Lipinski definition) is 6. The average molecular weight is 409 g/mol. The Balaban J connectivity index is 1.82. The highest BCUT2D eigenvalue weighted by Crippen LogP contribution is 2.34. The minimum Gasteiger partial charge on any atom is -0.494 e. The summed E-state index contributed by atoms with van der Waals surface area (Å²) in [6, 6.07) is 12.9. The second-order valence-electron chi connectivity index (χ2n) is 6.85.